The van der Waals surface area contributed by atoms with Gasteiger partial charge in [0.1, 0.15) is 5.75 Å². The molecule has 1 atom stereocenters. The van der Waals surface area contributed by atoms with E-state index in [9.17, 15) is 19.7 Å². The first kappa shape index (κ1) is 19.9. The highest BCUT2D eigenvalue weighted by Crippen LogP contribution is 2.18. The van der Waals surface area contributed by atoms with E-state index in [1.54, 1.807) is 36.4 Å². The van der Waals surface area contributed by atoms with Crippen molar-refractivity contribution in [3.05, 3.63) is 69.8 Å². The summed E-state index contributed by atoms with van der Waals surface area (Å²) in [4.78, 5) is 33.7. The monoisotopic (exact) mass is 372 g/mol. The standard InChI is InChI=1S/C19H20N2O6/c1-27-17-5-3-2-4-14(17)11-18(22)20-15(12-19(23)24)10-13-6-8-16(9-7-13)21(25)26/h2-9,15H,10-12H2,1H3,(H,20,22)(H,23,24)/t15-/m0/s1. The van der Waals surface area contributed by atoms with E-state index in [2.05, 4.69) is 5.32 Å². The highest BCUT2D eigenvalue weighted by Gasteiger charge is 2.18. The zero-order chi connectivity index (χ0) is 19.8. The molecule has 2 N–H and O–H groups in total. The molecule has 0 saturated heterocycles. The molecular weight excluding hydrogens is 352 g/mol. The molecule has 0 saturated carbocycles. The number of carboxylic acids is 1. The molecule has 0 unspecified atom stereocenters. The highest BCUT2D eigenvalue weighted by atomic mass is 16.6. The van der Waals surface area contributed by atoms with Crippen molar-refractivity contribution in [2.45, 2.75) is 25.3 Å². The Morgan fingerprint density at radius 1 is 1.19 bits per heavy atom. The molecule has 2 aromatic rings. The third-order valence-corrected chi connectivity index (χ3v) is 3.96. The van der Waals surface area contributed by atoms with E-state index in [1.165, 1.54) is 19.2 Å². The number of rotatable bonds is 9. The number of para-hydroxylation sites is 1. The number of non-ortho nitro benzene ring substituents is 1. The fourth-order valence-electron chi connectivity index (χ4n) is 2.72. The summed E-state index contributed by atoms with van der Waals surface area (Å²) in [7, 11) is 1.51. The topological polar surface area (TPSA) is 119 Å². The van der Waals surface area contributed by atoms with Gasteiger partial charge in [0, 0.05) is 23.7 Å². The number of aliphatic carboxylic acids is 1. The summed E-state index contributed by atoms with van der Waals surface area (Å²) in [5.74, 6) is -0.787. The van der Waals surface area contributed by atoms with Gasteiger partial charge in [-0.25, -0.2) is 0 Å². The first-order valence-electron chi connectivity index (χ1n) is 8.25. The molecule has 0 spiro atoms. The van der Waals surface area contributed by atoms with Crippen LogP contribution in [0.2, 0.25) is 0 Å². The largest absolute Gasteiger partial charge is 0.496 e. The number of carbonyl (C=O) groups excluding carboxylic acids is 1. The maximum absolute atomic E-state index is 12.4. The summed E-state index contributed by atoms with van der Waals surface area (Å²) in [6.45, 7) is 0. The van der Waals surface area contributed by atoms with Crippen molar-refractivity contribution in [2.75, 3.05) is 7.11 Å². The van der Waals surface area contributed by atoms with Gasteiger partial charge in [-0.05, 0) is 18.1 Å². The van der Waals surface area contributed by atoms with Crippen LogP contribution < -0.4 is 10.1 Å². The molecule has 0 aromatic heterocycles. The predicted molar refractivity (Wildman–Crippen MR) is 97.7 cm³/mol. The van der Waals surface area contributed by atoms with Gasteiger partial charge in [0.15, 0.2) is 0 Å². The number of hydrogen-bond donors (Lipinski definition) is 2. The lowest BCUT2D eigenvalue weighted by Crippen LogP contribution is -2.39. The smallest absolute Gasteiger partial charge is 0.305 e. The molecule has 2 rings (SSSR count). The summed E-state index contributed by atoms with van der Waals surface area (Å²) in [5, 5.41) is 22.5. The molecule has 0 radical (unpaired) electrons. The molecule has 8 nitrogen and oxygen atoms in total. The quantitative estimate of drug-likeness (QED) is 0.515. The van der Waals surface area contributed by atoms with Gasteiger partial charge in [0.25, 0.3) is 5.69 Å². The van der Waals surface area contributed by atoms with E-state index >= 15 is 0 Å². The van der Waals surface area contributed by atoms with Crippen molar-refractivity contribution in [3.63, 3.8) is 0 Å². The average Bonchev–Trinajstić information content (AvgIpc) is 2.62. The minimum atomic E-state index is -1.04. The van der Waals surface area contributed by atoms with Crippen molar-refractivity contribution < 1.29 is 24.4 Å². The van der Waals surface area contributed by atoms with E-state index in [0.717, 1.165) is 0 Å². The highest BCUT2D eigenvalue weighted by molar-refractivity contribution is 5.80. The molecule has 0 aliphatic rings. The van der Waals surface area contributed by atoms with Gasteiger partial charge in [-0.3, -0.25) is 19.7 Å². The summed E-state index contributed by atoms with van der Waals surface area (Å²) < 4.78 is 5.21. The van der Waals surface area contributed by atoms with E-state index < -0.39 is 16.9 Å². The zero-order valence-corrected chi connectivity index (χ0v) is 14.8. The second kappa shape index (κ2) is 9.33. The normalized spacial score (nSPS) is 11.4. The predicted octanol–water partition coefficient (Wildman–Crippen LogP) is 2.35. The molecule has 0 aliphatic carbocycles. The average molecular weight is 372 g/mol. The lowest BCUT2D eigenvalue weighted by Gasteiger charge is -2.17. The van der Waals surface area contributed by atoms with Crippen LogP contribution in [0.5, 0.6) is 5.75 Å². The zero-order valence-electron chi connectivity index (χ0n) is 14.8. The fraction of sp³-hybridized carbons (Fsp3) is 0.263. The van der Waals surface area contributed by atoms with Crippen molar-refractivity contribution in [3.8, 4) is 5.75 Å². The molecule has 142 valence electrons. The van der Waals surface area contributed by atoms with Crippen LogP contribution in [0.25, 0.3) is 0 Å². The van der Waals surface area contributed by atoms with Gasteiger partial charge in [-0.15, -0.1) is 0 Å². The number of carboxylic acid groups (broad SMARTS) is 1. The number of amides is 1. The first-order chi connectivity index (χ1) is 12.9. The van der Waals surface area contributed by atoms with E-state index in [1.807, 2.05) is 0 Å². The molecule has 2 aromatic carbocycles. The van der Waals surface area contributed by atoms with E-state index in [0.29, 0.717) is 16.9 Å². The number of nitro groups is 1. The van der Waals surface area contributed by atoms with Crippen LogP contribution in [0.15, 0.2) is 48.5 Å². The number of nitrogens with zero attached hydrogens (tertiary/aromatic N) is 1. The van der Waals surface area contributed by atoms with Crippen molar-refractivity contribution >= 4 is 17.6 Å². The SMILES string of the molecule is COc1ccccc1CC(=O)N[C@H](CC(=O)O)Cc1ccc([N+](=O)[O-])cc1. The summed E-state index contributed by atoms with van der Waals surface area (Å²) in [5.41, 5.74) is 1.35. The van der Waals surface area contributed by atoms with Crippen molar-refractivity contribution in [1.29, 1.82) is 0 Å². The van der Waals surface area contributed by atoms with E-state index in [4.69, 9.17) is 9.84 Å². The molecule has 8 heteroatoms. The summed E-state index contributed by atoms with van der Waals surface area (Å²) >= 11 is 0. The van der Waals surface area contributed by atoms with Crippen LogP contribution in [0.4, 0.5) is 5.69 Å². The van der Waals surface area contributed by atoms with Gasteiger partial charge >= 0.3 is 5.97 Å². The van der Waals surface area contributed by atoms with Crippen LogP contribution in [0, 0.1) is 10.1 Å². The first-order valence-corrected chi connectivity index (χ1v) is 8.25. The molecule has 0 aliphatic heterocycles. The van der Waals surface area contributed by atoms with Gasteiger partial charge in [-0.2, -0.15) is 0 Å². The fourth-order valence-corrected chi connectivity index (χ4v) is 2.72. The van der Waals surface area contributed by atoms with E-state index in [-0.39, 0.29) is 30.9 Å². The Bertz CT molecular complexity index is 819. The Labute approximate surface area is 155 Å². The Morgan fingerprint density at radius 2 is 1.85 bits per heavy atom. The molecule has 0 fully saturated rings. The Kier molecular flexibility index (Phi) is 6.87. The van der Waals surface area contributed by atoms with Gasteiger partial charge in [0.05, 0.1) is 24.9 Å². The number of hydrogen-bond acceptors (Lipinski definition) is 5. The number of methoxy groups -OCH3 is 1. The van der Waals surface area contributed by atoms with Gasteiger partial charge < -0.3 is 15.2 Å². The van der Waals surface area contributed by atoms with Crippen LogP contribution in [-0.2, 0) is 22.4 Å². The molecular formula is C19H20N2O6. The minimum Gasteiger partial charge on any atom is -0.496 e. The summed E-state index contributed by atoms with van der Waals surface area (Å²) in [6.07, 6.45) is 0.0526. The van der Waals surface area contributed by atoms with Crippen molar-refractivity contribution in [1.82, 2.24) is 5.32 Å². The second-order valence-electron chi connectivity index (χ2n) is 5.98. The number of nitro benzene ring substituents is 1. The number of carbonyl (C=O) groups is 2. The van der Waals surface area contributed by atoms with Gasteiger partial charge in [0.2, 0.25) is 5.91 Å². The third-order valence-electron chi connectivity index (χ3n) is 3.96. The van der Waals surface area contributed by atoms with Crippen LogP contribution in [-0.4, -0.2) is 35.1 Å². The molecule has 0 heterocycles. The van der Waals surface area contributed by atoms with Crippen LogP contribution in [0.3, 0.4) is 0 Å². The number of nitrogens with one attached hydrogen (secondary N) is 1. The number of ether oxygens (including phenoxy) is 1. The van der Waals surface area contributed by atoms with Crippen molar-refractivity contribution in [2.24, 2.45) is 0 Å². The number of benzene rings is 2. The maximum Gasteiger partial charge on any atom is 0.305 e. The summed E-state index contributed by atoms with van der Waals surface area (Å²) in [6, 6.07) is 12.3. The lowest BCUT2D eigenvalue weighted by atomic mass is 10.0. The third kappa shape index (κ3) is 6.10. The Morgan fingerprint density at radius 3 is 2.44 bits per heavy atom. The molecule has 27 heavy (non-hydrogen) atoms. The second-order valence-corrected chi connectivity index (χ2v) is 5.98. The molecule has 1 amide bonds. The van der Waals surface area contributed by atoms with Crippen LogP contribution >= 0.6 is 0 Å². The lowest BCUT2D eigenvalue weighted by molar-refractivity contribution is -0.384. The minimum absolute atomic E-state index is 0.0475. The Balaban J connectivity index is 2.05. The van der Waals surface area contributed by atoms with Gasteiger partial charge in [-0.1, -0.05) is 30.3 Å². The van der Waals surface area contributed by atoms with Crippen LogP contribution in [0.1, 0.15) is 17.5 Å². The Hall–Kier alpha value is -3.42. The maximum atomic E-state index is 12.4. The molecule has 0 bridgehead atoms.